The molecule has 0 aromatic heterocycles. The first-order valence-electron chi connectivity index (χ1n) is 3.49. The van der Waals surface area contributed by atoms with Crippen molar-refractivity contribution in [2.24, 2.45) is 0 Å². The Bertz CT molecular complexity index is 292. The second-order valence-corrected chi connectivity index (χ2v) is 2.53. The van der Waals surface area contributed by atoms with Crippen LogP contribution in [-0.2, 0) is 4.74 Å². The predicted molar refractivity (Wildman–Crippen MR) is 41.4 cm³/mol. The van der Waals surface area contributed by atoms with E-state index in [-0.39, 0.29) is 0 Å². The van der Waals surface area contributed by atoms with Gasteiger partial charge in [0.05, 0.1) is 13.2 Å². The monoisotopic (exact) mass is 145 g/mol. The molecule has 0 unspecified atom stereocenters. The first kappa shape index (κ1) is 6.38. The Kier molecular flexibility index (Phi) is 1.38. The summed E-state index contributed by atoms with van der Waals surface area (Å²) in [7, 11) is 0. The molecular weight excluding hydrogens is 138 g/mol. The summed E-state index contributed by atoms with van der Waals surface area (Å²) in [6.45, 7) is 7.56. The molecule has 0 saturated carbocycles. The maximum Gasteiger partial charge on any atom is 0.187 e. The van der Waals surface area contributed by atoms with Crippen molar-refractivity contribution in [2.75, 3.05) is 6.61 Å². The number of ether oxygens (including phenoxy) is 1. The van der Waals surface area contributed by atoms with Gasteiger partial charge in [0.25, 0.3) is 0 Å². The van der Waals surface area contributed by atoms with Crippen LogP contribution in [0.3, 0.4) is 0 Å². The maximum atomic E-state index is 6.73. The number of hydrogen-bond acceptors (Lipinski definition) is 1. The quantitative estimate of drug-likeness (QED) is 0.437. The van der Waals surface area contributed by atoms with E-state index in [4.69, 9.17) is 11.3 Å². The van der Waals surface area contributed by atoms with Crippen molar-refractivity contribution in [3.05, 3.63) is 41.2 Å². The SMILES string of the molecule is [C-]#[N+]c1ccc([C@@H]2CO2)cc1. The molecule has 0 amide bonds. The minimum absolute atomic E-state index is 0.301. The molecule has 0 bridgehead atoms. The van der Waals surface area contributed by atoms with E-state index in [2.05, 4.69) is 4.85 Å². The fourth-order valence-corrected chi connectivity index (χ4v) is 1.00. The molecule has 1 saturated heterocycles. The summed E-state index contributed by atoms with van der Waals surface area (Å²) < 4.78 is 5.09. The zero-order chi connectivity index (χ0) is 7.68. The van der Waals surface area contributed by atoms with Crippen LogP contribution < -0.4 is 0 Å². The molecule has 1 atom stereocenters. The van der Waals surface area contributed by atoms with Crippen molar-refractivity contribution >= 4 is 5.69 Å². The number of benzene rings is 1. The van der Waals surface area contributed by atoms with Gasteiger partial charge in [-0.15, -0.1) is 0 Å². The highest BCUT2D eigenvalue weighted by Crippen LogP contribution is 2.30. The zero-order valence-corrected chi connectivity index (χ0v) is 5.95. The molecule has 2 rings (SSSR count). The molecule has 0 radical (unpaired) electrons. The van der Waals surface area contributed by atoms with Crippen molar-refractivity contribution < 1.29 is 4.74 Å². The third kappa shape index (κ3) is 1.24. The van der Waals surface area contributed by atoms with Crippen LogP contribution in [0, 0.1) is 6.57 Å². The first-order chi connectivity index (χ1) is 5.40. The standard InChI is InChI=1S/C9H7NO/c1-10-8-4-2-7(3-5-8)9-6-11-9/h2-5,9H,6H2/t9-/m0/s1. The molecule has 1 aliphatic heterocycles. The molecule has 2 nitrogen and oxygen atoms in total. The summed E-state index contributed by atoms with van der Waals surface area (Å²) >= 11 is 0. The molecule has 1 fully saturated rings. The number of epoxide rings is 1. The third-order valence-electron chi connectivity index (χ3n) is 1.73. The van der Waals surface area contributed by atoms with E-state index in [1.807, 2.05) is 24.3 Å². The van der Waals surface area contributed by atoms with E-state index in [9.17, 15) is 0 Å². The van der Waals surface area contributed by atoms with Gasteiger partial charge in [0.1, 0.15) is 6.10 Å². The molecule has 2 heteroatoms. The molecule has 0 aliphatic carbocycles. The lowest BCUT2D eigenvalue weighted by molar-refractivity contribution is 0.415. The van der Waals surface area contributed by atoms with Gasteiger partial charge < -0.3 is 4.74 Å². The lowest BCUT2D eigenvalue weighted by atomic mass is 10.1. The minimum Gasteiger partial charge on any atom is -0.368 e. The van der Waals surface area contributed by atoms with Gasteiger partial charge >= 0.3 is 0 Å². The molecule has 0 spiro atoms. The van der Waals surface area contributed by atoms with E-state index >= 15 is 0 Å². The van der Waals surface area contributed by atoms with Gasteiger partial charge in [0, 0.05) is 0 Å². The molecule has 1 aromatic rings. The molecule has 11 heavy (non-hydrogen) atoms. The fraction of sp³-hybridized carbons (Fsp3) is 0.222. The Hall–Kier alpha value is -1.33. The Balaban J connectivity index is 2.27. The molecule has 54 valence electrons. The average Bonchev–Trinajstić information content (AvgIpc) is 2.87. The average molecular weight is 145 g/mol. The molecule has 1 aromatic carbocycles. The minimum atomic E-state index is 0.301. The highest BCUT2D eigenvalue weighted by Gasteiger charge is 2.23. The van der Waals surface area contributed by atoms with Gasteiger partial charge in [0.15, 0.2) is 5.69 Å². The van der Waals surface area contributed by atoms with E-state index in [0.29, 0.717) is 11.8 Å². The van der Waals surface area contributed by atoms with Crippen LogP contribution in [0.1, 0.15) is 11.7 Å². The van der Waals surface area contributed by atoms with E-state index < -0.39 is 0 Å². The first-order valence-corrected chi connectivity index (χ1v) is 3.49. The summed E-state index contributed by atoms with van der Waals surface area (Å²) in [6, 6.07) is 7.55. The van der Waals surface area contributed by atoms with Crippen LogP contribution in [0.2, 0.25) is 0 Å². The molecule has 1 aliphatic rings. The summed E-state index contributed by atoms with van der Waals surface area (Å²) in [5, 5.41) is 0. The van der Waals surface area contributed by atoms with Crippen LogP contribution in [0.4, 0.5) is 5.69 Å². The summed E-state index contributed by atoms with van der Waals surface area (Å²) in [5.74, 6) is 0. The lowest BCUT2D eigenvalue weighted by Crippen LogP contribution is -1.76. The molecular formula is C9H7NO. The van der Waals surface area contributed by atoms with E-state index in [1.165, 1.54) is 5.56 Å². The van der Waals surface area contributed by atoms with Gasteiger partial charge in [-0.1, -0.05) is 24.3 Å². The number of nitrogens with zero attached hydrogens (tertiary/aromatic N) is 1. The second-order valence-electron chi connectivity index (χ2n) is 2.53. The van der Waals surface area contributed by atoms with Gasteiger partial charge in [-0.25, -0.2) is 4.85 Å². The Morgan fingerprint density at radius 3 is 2.45 bits per heavy atom. The largest absolute Gasteiger partial charge is 0.368 e. The Morgan fingerprint density at radius 1 is 1.36 bits per heavy atom. The highest BCUT2D eigenvalue weighted by atomic mass is 16.6. The van der Waals surface area contributed by atoms with Crippen LogP contribution in [0.5, 0.6) is 0 Å². The summed E-state index contributed by atoms with van der Waals surface area (Å²) in [5.41, 5.74) is 1.87. The smallest absolute Gasteiger partial charge is 0.187 e. The van der Waals surface area contributed by atoms with Crippen molar-refractivity contribution in [1.82, 2.24) is 0 Å². The van der Waals surface area contributed by atoms with Crippen LogP contribution >= 0.6 is 0 Å². The topological polar surface area (TPSA) is 16.9 Å². The van der Waals surface area contributed by atoms with Gasteiger partial charge in [-0.3, -0.25) is 0 Å². The van der Waals surface area contributed by atoms with E-state index in [1.54, 1.807) is 0 Å². The summed E-state index contributed by atoms with van der Waals surface area (Å²) in [4.78, 5) is 3.30. The van der Waals surface area contributed by atoms with Crippen molar-refractivity contribution in [1.29, 1.82) is 0 Å². The van der Waals surface area contributed by atoms with Gasteiger partial charge in [-0.05, 0) is 5.56 Å². The zero-order valence-electron chi connectivity index (χ0n) is 5.95. The van der Waals surface area contributed by atoms with Gasteiger partial charge in [-0.2, -0.15) is 0 Å². The van der Waals surface area contributed by atoms with E-state index in [0.717, 1.165) is 6.61 Å². The predicted octanol–water partition coefficient (Wildman–Crippen LogP) is 2.31. The fourth-order valence-electron chi connectivity index (χ4n) is 1.00. The van der Waals surface area contributed by atoms with Crippen LogP contribution in [0.15, 0.2) is 24.3 Å². The normalized spacial score (nSPS) is 20.8. The van der Waals surface area contributed by atoms with Crippen LogP contribution in [-0.4, -0.2) is 6.61 Å². The third-order valence-corrected chi connectivity index (χ3v) is 1.73. The second kappa shape index (κ2) is 2.37. The lowest BCUT2D eigenvalue weighted by Gasteiger charge is -1.93. The van der Waals surface area contributed by atoms with Crippen molar-refractivity contribution in [3.63, 3.8) is 0 Å². The van der Waals surface area contributed by atoms with Crippen LogP contribution in [0.25, 0.3) is 4.85 Å². The van der Waals surface area contributed by atoms with Crippen molar-refractivity contribution in [3.8, 4) is 0 Å². The number of rotatable bonds is 1. The molecule has 0 N–H and O–H groups in total. The Labute approximate surface area is 65.2 Å². The maximum absolute atomic E-state index is 6.73. The number of hydrogen-bond donors (Lipinski definition) is 0. The Morgan fingerprint density at radius 2 is 2.00 bits per heavy atom. The molecule has 1 heterocycles. The highest BCUT2D eigenvalue weighted by molar-refractivity contribution is 5.46. The van der Waals surface area contributed by atoms with Gasteiger partial charge in [0.2, 0.25) is 0 Å². The van der Waals surface area contributed by atoms with Crippen molar-refractivity contribution in [2.45, 2.75) is 6.10 Å². The summed E-state index contributed by atoms with van der Waals surface area (Å²) in [6.07, 6.45) is 0.301.